The molecule has 0 saturated carbocycles. The summed E-state index contributed by atoms with van der Waals surface area (Å²) in [6, 6.07) is 16.8. The Balaban J connectivity index is 1.89. The fraction of sp³-hybridized carbons (Fsp3) is 0.211. The topological polar surface area (TPSA) is 66.1 Å². The first kappa shape index (κ1) is 17.2. The van der Waals surface area contributed by atoms with Crippen LogP contribution in [0.4, 0.5) is 0 Å². The highest BCUT2D eigenvalue weighted by molar-refractivity contribution is 6.18. The maximum absolute atomic E-state index is 12.4. The predicted octanol–water partition coefficient (Wildman–Crippen LogP) is 3.08. The van der Waals surface area contributed by atoms with E-state index >= 15 is 0 Å². The molecule has 0 aliphatic carbocycles. The number of benzene rings is 2. The average molecular weight is 356 g/mol. The molecular weight excluding hydrogens is 338 g/mol. The number of amides is 1. The number of rotatable bonds is 6. The molecule has 0 radical (unpaired) electrons. The number of hydrogen-bond donors (Lipinski definition) is 1. The first-order valence-electron chi connectivity index (χ1n) is 8.03. The van der Waals surface area contributed by atoms with E-state index < -0.39 is 0 Å². The number of alkyl halides is 1. The number of H-pyrrole nitrogens is 1. The molecule has 2 aromatic carbocycles. The number of aromatic nitrogens is 2. The lowest BCUT2D eigenvalue weighted by Crippen LogP contribution is -2.31. The van der Waals surface area contributed by atoms with Crippen LogP contribution in [0.1, 0.15) is 17.8 Å². The van der Waals surface area contributed by atoms with E-state index in [-0.39, 0.29) is 30.3 Å². The number of carbonyl (C=O) groups excluding carboxylic acids is 1. The summed E-state index contributed by atoms with van der Waals surface area (Å²) < 4.78 is 0. The van der Waals surface area contributed by atoms with Crippen LogP contribution in [0.2, 0.25) is 0 Å². The van der Waals surface area contributed by atoms with Crippen molar-refractivity contribution in [1.82, 2.24) is 14.9 Å². The average Bonchev–Trinajstić information content (AvgIpc) is 2.62. The predicted molar refractivity (Wildman–Crippen MR) is 98.4 cm³/mol. The summed E-state index contributed by atoms with van der Waals surface area (Å²) in [6.45, 7) is 0.664. The molecular formula is C19H18ClN3O2. The van der Waals surface area contributed by atoms with E-state index in [1.165, 1.54) is 0 Å². The molecule has 0 aliphatic heterocycles. The Labute approximate surface area is 150 Å². The van der Waals surface area contributed by atoms with Crippen molar-refractivity contribution in [2.75, 3.05) is 5.88 Å². The molecule has 6 heteroatoms. The Morgan fingerprint density at radius 1 is 1.04 bits per heavy atom. The Morgan fingerprint density at radius 3 is 2.52 bits per heavy atom. The SMILES string of the molecule is O=C(CCCl)N(Cc1ccccc1)Cc1nc2ccccc2c(=O)[nH]1. The lowest BCUT2D eigenvalue weighted by Gasteiger charge is -2.22. The third kappa shape index (κ3) is 4.25. The van der Waals surface area contributed by atoms with Gasteiger partial charge in [-0.3, -0.25) is 9.59 Å². The third-order valence-electron chi connectivity index (χ3n) is 3.88. The van der Waals surface area contributed by atoms with Crippen LogP contribution in [-0.2, 0) is 17.9 Å². The first-order chi connectivity index (χ1) is 12.2. The van der Waals surface area contributed by atoms with Gasteiger partial charge in [0.15, 0.2) is 0 Å². The second-order valence-corrected chi connectivity index (χ2v) is 6.08. The maximum atomic E-state index is 12.4. The zero-order valence-corrected chi connectivity index (χ0v) is 14.4. The second kappa shape index (κ2) is 7.94. The molecule has 0 unspecified atom stereocenters. The van der Waals surface area contributed by atoms with E-state index in [0.717, 1.165) is 5.56 Å². The quantitative estimate of drug-likeness (QED) is 0.691. The zero-order chi connectivity index (χ0) is 17.6. The number of aromatic amines is 1. The molecule has 0 aliphatic rings. The van der Waals surface area contributed by atoms with E-state index in [1.807, 2.05) is 36.4 Å². The van der Waals surface area contributed by atoms with Crippen LogP contribution in [0.3, 0.4) is 0 Å². The molecule has 5 nitrogen and oxygen atoms in total. The number of nitrogens with zero attached hydrogens (tertiary/aromatic N) is 2. The van der Waals surface area contributed by atoms with Gasteiger partial charge in [-0.15, -0.1) is 11.6 Å². The molecule has 0 atom stereocenters. The molecule has 1 N–H and O–H groups in total. The van der Waals surface area contributed by atoms with Gasteiger partial charge in [0.1, 0.15) is 5.82 Å². The molecule has 1 amide bonds. The van der Waals surface area contributed by atoms with Gasteiger partial charge in [0, 0.05) is 18.8 Å². The molecule has 3 aromatic rings. The number of hydrogen-bond acceptors (Lipinski definition) is 3. The van der Waals surface area contributed by atoms with Crippen LogP contribution in [0.25, 0.3) is 10.9 Å². The Kier molecular flexibility index (Phi) is 5.46. The summed E-state index contributed by atoms with van der Waals surface area (Å²) in [5, 5.41) is 0.535. The van der Waals surface area contributed by atoms with Crippen LogP contribution >= 0.6 is 11.6 Å². The fourth-order valence-corrected chi connectivity index (χ4v) is 2.83. The van der Waals surface area contributed by atoms with Crippen LogP contribution in [-0.4, -0.2) is 26.7 Å². The summed E-state index contributed by atoms with van der Waals surface area (Å²) in [7, 11) is 0. The summed E-state index contributed by atoms with van der Waals surface area (Å²) in [4.78, 5) is 33.5. The van der Waals surface area contributed by atoms with E-state index in [0.29, 0.717) is 23.3 Å². The van der Waals surface area contributed by atoms with Gasteiger partial charge in [-0.25, -0.2) is 4.98 Å². The summed E-state index contributed by atoms with van der Waals surface area (Å²) >= 11 is 5.73. The van der Waals surface area contributed by atoms with Crippen LogP contribution in [0, 0.1) is 0 Å². The molecule has 0 saturated heterocycles. The molecule has 128 valence electrons. The normalized spacial score (nSPS) is 10.8. The van der Waals surface area contributed by atoms with Gasteiger partial charge in [-0.2, -0.15) is 0 Å². The summed E-state index contributed by atoms with van der Waals surface area (Å²) in [5.74, 6) is 0.642. The minimum atomic E-state index is -0.204. The smallest absolute Gasteiger partial charge is 0.258 e. The highest BCUT2D eigenvalue weighted by Gasteiger charge is 2.16. The van der Waals surface area contributed by atoms with Crippen molar-refractivity contribution in [3.63, 3.8) is 0 Å². The number of carbonyl (C=O) groups is 1. The fourth-order valence-electron chi connectivity index (χ4n) is 2.67. The van der Waals surface area contributed by atoms with Crippen molar-refractivity contribution >= 4 is 28.4 Å². The highest BCUT2D eigenvalue weighted by atomic mass is 35.5. The van der Waals surface area contributed by atoms with Gasteiger partial charge in [-0.05, 0) is 17.7 Å². The van der Waals surface area contributed by atoms with Crippen molar-refractivity contribution in [3.8, 4) is 0 Å². The summed E-state index contributed by atoms with van der Waals surface area (Å²) in [5.41, 5.74) is 1.42. The van der Waals surface area contributed by atoms with E-state index in [2.05, 4.69) is 9.97 Å². The lowest BCUT2D eigenvalue weighted by atomic mass is 10.2. The monoisotopic (exact) mass is 355 g/mol. The highest BCUT2D eigenvalue weighted by Crippen LogP contribution is 2.11. The number of fused-ring (bicyclic) bond motifs is 1. The zero-order valence-electron chi connectivity index (χ0n) is 13.6. The van der Waals surface area contributed by atoms with E-state index in [1.54, 1.807) is 23.1 Å². The van der Waals surface area contributed by atoms with Crippen LogP contribution in [0.15, 0.2) is 59.4 Å². The van der Waals surface area contributed by atoms with E-state index in [4.69, 9.17) is 11.6 Å². The maximum Gasteiger partial charge on any atom is 0.258 e. The van der Waals surface area contributed by atoms with Crippen molar-refractivity contribution in [1.29, 1.82) is 0 Å². The minimum Gasteiger partial charge on any atom is -0.331 e. The van der Waals surface area contributed by atoms with Crippen molar-refractivity contribution in [3.05, 3.63) is 76.3 Å². The Hall–Kier alpha value is -2.66. The molecule has 0 bridgehead atoms. The number of halogens is 1. The second-order valence-electron chi connectivity index (χ2n) is 5.70. The van der Waals surface area contributed by atoms with Gasteiger partial charge in [-0.1, -0.05) is 42.5 Å². The minimum absolute atomic E-state index is 0.0744. The van der Waals surface area contributed by atoms with Crippen LogP contribution < -0.4 is 5.56 Å². The van der Waals surface area contributed by atoms with Crippen molar-refractivity contribution in [2.45, 2.75) is 19.5 Å². The van der Waals surface area contributed by atoms with E-state index in [9.17, 15) is 9.59 Å². The molecule has 1 heterocycles. The standard InChI is InChI=1S/C19H18ClN3O2/c20-11-10-18(24)23(12-14-6-2-1-3-7-14)13-17-21-16-9-5-4-8-15(16)19(25)22-17/h1-9H,10-13H2,(H,21,22,25). The molecule has 25 heavy (non-hydrogen) atoms. The molecule has 3 rings (SSSR count). The van der Waals surface area contributed by atoms with Gasteiger partial charge >= 0.3 is 0 Å². The number of nitrogens with one attached hydrogen (secondary N) is 1. The van der Waals surface area contributed by atoms with Gasteiger partial charge in [0.25, 0.3) is 5.56 Å². The molecule has 1 aromatic heterocycles. The first-order valence-corrected chi connectivity index (χ1v) is 8.56. The van der Waals surface area contributed by atoms with Crippen LogP contribution in [0.5, 0.6) is 0 Å². The third-order valence-corrected chi connectivity index (χ3v) is 4.07. The van der Waals surface area contributed by atoms with Gasteiger partial charge in [0.2, 0.25) is 5.91 Å². The lowest BCUT2D eigenvalue weighted by molar-refractivity contribution is -0.132. The summed E-state index contributed by atoms with van der Waals surface area (Å²) in [6.07, 6.45) is 0.242. The van der Waals surface area contributed by atoms with Gasteiger partial charge < -0.3 is 9.88 Å². The Morgan fingerprint density at radius 2 is 1.76 bits per heavy atom. The Bertz CT molecular complexity index is 925. The van der Waals surface area contributed by atoms with Crippen molar-refractivity contribution < 1.29 is 4.79 Å². The largest absolute Gasteiger partial charge is 0.331 e. The van der Waals surface area contributed by atoms with Gasteiger partial charge in [0.05, 0.1) is 17.4 Å². The molecule has 0 fully saturated rings. The van der Waals surface area contributed by atoms with Crippen molar-refractivity contribution in [2.24, 2.45) is 0 Å². The number of para-hydroxylation sites is 1. The molecule has 0 spiro atoms.